The van der Waals surface area contributed by atoms with Crippen LogP contribution in [-0.2, 0) is 9.59 Å². The molecule has 0 aliphatic carbocycles. The maximum absolute atomic E-state index is 13.5. The second kappa shape index (κ2) is 4.09. The van der Waals surface area contributed by atoms with E-state index in [4.69, 9.17) is 11.6 Å². The Balaban J connectivity index is 2.28. The van der Waals surface area contributed by atoms with Gasteiger partial charge in [0.25, 0.3) is 0 Å². The molecule has 1 unspecified atom stereocenters. The molecule has 1 aromatic carbocycles. The fraction of sp³-hybridized carbons (Fsp3) is 0.200. The molecule has 6 heteroatoms. The average Bonchev–Trinajstić information content (AvgIpc) is 2.26. The number of amides is 2. The van der Waals surface area contributed by atoms with Crippen LogP contribution < -0.4 is 10.6 Å². The van der Waals surface area contributed by atoms with Crippen LogP contribution in [0.5, 0.6) is 0 Å². The molecule has 1 saturated heterocycles. The van der Waals surface area contributed by atoms with Crippen LogP contribution in [0.1, 0.15) is 11.6 Å². The number of hydrogen-bond acceptors (Lipinski definition) is 2. The monoisotopic (exact) mass is 242 g/mol. The number of halogens is 2. The van der Waals surface area contributed by atoms with Gasteiger partial charge in [-0.15, -0.1) is 0 Å². The molecule has 1 aromatic rings. The normalized spacial score (nSPS) is 20.2. The molecule has 0 saturated carbocycles. The molecule has 1 heterocycles. The lowest BCUT2D eigenvalue weighted by Crippen LogP contribution is -2.51. The van der Waals surface area contributed by atoms with Gasteiger partial charge in [-0.05, 0) is 18.2 Å². The molecule has 2 rings (SSSR count). The number of benzene rings is 1. The molecule has 0 aromatic heterocycles. The summed E-state index contributed by atoms with van der Waals surface area (Å²) in [6.45, 7) is 0.155. The quantitative estimate of drug-likeness (QED) is 0.715. The minimum absolute atomic E-state index is 0.155. The van der Waals surface area contributed by atoms with Gasteiger partial charge in [0.2, 0.25) is 0 Å². The van der Waals surface area contributed by atoms with Gasteiger partial charge in [0.15, 0.2) is 0 Å². The topological polar surface area (TPSA) is 58.2 Å². The molecule has 4 nitrogen and oxygen atoms in total. The van der Waals surface area contributed by atoms with Crippen molar-refractivity contribution in [2.24, 2.45) is 0 Å². The van der Waals surface area contributed by atoms with E-state index in [1.165, 1.54) is 18.2 Å². The Morgan fingerprint density at radius 2 is 2.06 bits per heavy atom. The largest absolute Gasteiger partial charge is 0.345 e. The molecular formula is C10H8ClFN2O2. The van der Waals surface area contributed by atoms with Crippen molar-refractivity contribution in [1.82, 2.24) is 10.6 Å². The number of piperazine rings is 1. The highest BCUT2D eigenvalue weighted by molar-refractivity contribution is 6.35. The summed E-state index contributed by atoms with van der Waals surface area (Å²) < 4.78 is 13.5. The number of hydrogen-bond donors (Lipinski definition) is 2. The van der Waals surface area contributed by atoms with Gasteiger partial charge in [-0.3, -0.25) is 9.59 Å². The van der Waals surface area contributed by atoms with Gasteiger partial charge in [0.1, 0.15) is 5.82 Å². The summed E-state index contributed by atoms with van der Waals surface area (Å²) in [5.74, 6) is -1.94. The Labute approximate surface area is 95.8 Å². The lowest BCUT2D eigenvalue weighted by molar-refractivity contribution is -0.141. The molecule has 16 heavy (non-hydrogen) atoms. The van der Waals surface area contributed by atoms with E-state index < -0.39 is 23.7 Å². The third-order valence-corrected chi connectivity index (χ3v) is 2.55. The second-order valence-electron chi connectivity index (χ2n) is 3.40. The Morgan fingerprint density at radius 1 is 1.31 bits per heavy atom. The average molecular weight is 243 g/mol. The van der Waals surface area contributed by atoms with E-state index in [0.717, 1.165) is 0 Å². The van der Waals surface area contributed by atoms with Crippen molar-refractivity contribution >= 4 is 23.4 Å². The predicted octanol–water partition coefficient (Wildman–Crippen LogP) is 0.766. The molecule has 0 spiro atoms. The Morgan fingerprint density at radius 3 is 2.75 bits per heavy atom. The van der Waals surface area contributed by atoms with E-state index in [1.807, 2.05) is 0 Å². The van der Waals surface area contributed by atoms with Gasteiger partial charge in [0, 0.05) is 17.1 Å². The zero-order valence-electron chi connectivity index (χ0n) is 8.09. The summed E-state index contributed by atoms with van der Waals surface area (Å²) in [7, 11) is 0. The molecule has 1 atom stereocenters. The summed E-state index contributed by atoms with van der Waals surface area (Å²) >= 11 is 5.73. The van der Waals surface area contributed by atoms with Gasteiger partial charge in [0.05, 0.1) is 6.04 Å². The minimum Gasteiger partial charge on any atom is -0.345 e. The highest BCUT2D eigenvalue weighted by atomic mass is 35.5. The van der Waals surface area contributed by atoms with Crippen molar-refractivity contribution in [1.29, 1.82) is 0 Å². The third-order valence-electron chi connectivity index (χ3n) is 2.31. The molecule has 0 bridgehead atoms. The van der Waals surface area contributed by atoms with Gasteiger partial charge < -0.3 is 10.6 Å². The minimum atomic E-state index is -0.768. The zero-order valence-corrected chi connectivity index (χ0v) is 8.84. The van der Waals surface area contributed by atoms with Crippen molar-refractivity contribution < 1.29 is 14.0 Å². The summed E-state index contributed by atoms with van der Waals surface area (Å²) in [6.07, 6.45) is 0. The van der Waals surface area contributed by atoms with Gasteiger partial charge in [-0.1, -0.05) is 11.6 Å². The summed E-state index contributed by atoms with van der Waals surface area (Å²) in [5.41, 5.74) is 0.265. The lowest BCUT2D eigenvalue weighted by atomic mass is 10.0. The van der Waals surface area contributed by atoms with Crippen LogP contribution in [0.4, 0.5) is 4.39 Å². The highest BCUT2D eigenvalue weighted by Gasteiger charge is 2.27. The van der Waals surface area contributed by atoms with Crippen LogP contribution in [0.2, 0.25) is 5.02 Å². The zero-order chi connectivity index (χ0) is 11.7. The number of carbonyl (C=O) groups excluding carboxylic acids is 2. The molecule has 2 amide bonds. The number of nitrogens with one attached hydrogen (secondary N) is 2. The van der Waals surface area contributed by atoms with Gasteiger partial charge in [-0.2, -0.15) is 0 Å². The molecule has 1 aliphatic heterocycles. The van der Waals surface area contributed by atoms with Crippen molar-refractivity contribution in [3.05, 3.63) is 34.6 Å². The smallest absolute Gasteiger partial charge is 0.309 e. The maximum atomic E-state index is 13.5. The van der Waals surface area contributed by atoms with Gasteiger partial charge >= 0.3 is 11.8 Å². The number of rotatable bonds is 1. The van der Waals surface area contributed by atoms with Crippen LogP contribution >= 0.6 is 11.6 Å². The highest BCUT2D eigenvalue weighted by Crippen LogP contribution is 2.22. The SMILES string of the molecule is O=C1NCC(c2cc(Cl)ccc2F)NC1=O. The van der Waals surface area contributed by atoms with E-state index >= 15 is 0 Å². The standard InChI is InChI=1S/C10H8ClFN2O2/c11-5-1-2-7(12)6(3-5)8-4-13-9(15)10(16)14-8/h1-3,8H,4H2,(H,13,15)(H,14,16). The first-order valence-electron chi connectivity index (χ1n) is 4.61. The summed E-state index contributed by atoms with van der Waals surface area (Å²) in [6, 6.07) is 3.49. The molecule has 1 fully saturated rings. The van der Waals surface area contributed by atoms with E-state index in [2.05, 4.69) is 10.6 Å². The van der Waals surface area contributed by atoms with Crippen LogP contribution in [0, 0.1) is 5.82 Å². The predicted molar refractivity (Wildman–Crippen MR) is 55.3 cm³/mol. The Kier molecular flexibility index (Phi) is 2.78. The lowest BCUT2D eigenvalue weighted by Gasteiger charge is -2.24. The molecule has 2 N–H and O–H groups in total. The first kappa shape index (κ1) is 10.9. The Bertz CT molecular complexity index is 464. The fourth-order valence-corrected chi connectivity index (χ4v) is 1.70. The van der Waals surface area contributed by atoms with E-state index in [0.29, 0.717) is 5.02 Å². The van der Waals surface area contributed by atoms with E-state index in [9.17, 15) is 14.0 Å². The van der Waals surface area contributed by atoms with Crippen LogP contribution in [0.3, 0.4) is 0 Å². The summed E-state index contributed by atoms with van der Waals surface area (Å²) in [4.78, 5) is 22.0. The molecule has 0 radical (unpaired) electrons. The van der Waals surface area contributed by atoms with Crippen molar-refractivity contribution in [3.63, 3.8) is 0 Å². The first-order valence-corrected chi connectivity index (χ1v) is 4.99. The van der Waals surface area contributed by atoms with E-state index in [-0.39, 0.29) is 12.1 Å². The van der Waals surface area contributed by atoms with Crippen LogP contribution in [-0.4, -0.2) is 18.4 Å². The second-order valence-corrected chi connectivity index (χ2v) is 3.84. The van der Waals surface area contributed by atoms with Crippen LogP contribution in [0.25, 0.3) is 0 Å². The third kappa shape index (κ3) is 1.99. The van der Waals surface area contributed by atoms with Crippen molar-refractivity contribution in [2.75, 3.05) is 6.54 Å². The molecule has 84 valence electrons. The van der Waals surface area contributed by atoms with Gasteiger partial charge in [-0.25, -0.2) is 4.39 Å². The van der Waals surface area contributed by atoms with Crippen LogP contribution in [0.15, 0.2) is 18.2 Å². The first-order chi connectivity index (χ1) is 7.58. The Hall–Kier alpha value is -1.62. The maximum Gasteiger partial charge on any atom is 0.309 e. The molecular weight excluding hydrogens is 235 g/mol. The molecule has 1 aliphatic rings. The summed E-state index contributed by atoms with van der Waals surface area (Å²) in [5, 5.41) is 5.14. The number of carbonyl (C=O) groups is 2. The fourth-order valence-electron chi connectivity index (χ4n) is 1.52. The van der Waals surface area contributed by atoms with Crippen molar-refractivity contribution in [2.45, 2.75) is 6.04 Å². The van der Waals surface area contributed by atoms with E-state index in [1.54, 1.807) is 0 Å². The van der Waals surface area contributed by atoms with Crippen molar-refractivity contribution in [3.8, 4) is 0 Å².